The van der Waals surface area contributed by atoms with Crippen LogP contribution in [0.15, 0.2) is 81.7 Å². The Hall–Kier alpha value is -3.25. The number of ether oxygens (including phenoxy) is 1. The van der Waals surface area contributed by atoms with Crippen LogP contribution in [0.5, 0.6) is 0 Å². The molecule has 0 N–H and O–H groups in total. The van der Waals surface area contributed by atoms with Gasteiger partial charge >= 0.3 is 5.97 Å². The van der Waals surface area contributed by atoms with E-state index in [1.807, 2.05) is 66.7 Å². The molecule has 0 bridgehead atoms. The minimum Gasteiger partial charge on any atom is -0.466 e. The van der Waals surface area contributed by atoms with Crippen molar-refractivity contribution in [2.45, 2.75) is 13.0 Å². The quantitative estimate of drug-likeness (QED) is 0.646. The Morgan fingerprint density at radius 3 is 2.39 bits per heavy atom. The van der Waals surface area contributed by atoms with Crippen LogP contribution < -0.4 is 14.9 Å². The first kappa shape index (κ1) is 18.1. The summed E-state index contributed by atoms with van der Waals surface area (Å²) < 4.78 is 7.16. The minimum atomic E-state index is -0.567. The molecule has 0 radical (unpaired) electrons. The van der Waals surface area contributed by atoms with Crippen molar-refractivity contribution in [1.29, 1.82) is 0 Å². The zero-order valence-electron chi connectivity index (χ0n) is 15.5. The van der Waals surface area contributed by atoms with Crippen molar-refractivity contribution in [2.75, 3.05) is 7.11 Å². The molecule has 1 aliphatic rings. The molecule has 0 spiro atoms. The molecule has 140 valence electrons. The summed E-state index contributed by atoms with van der Waals surface area (Å²) in [6.45, 7) is 1.77. The molecular formula is C22H18N2O3S. The predicted molar refractivity (Wildman–Crippen MR) is 109 cm³/mol. The topological polar surface area (TPSA) is 60.7 Å². The average molecular weight is 390 g/mol. The second-order valence-electron chi connectivity index (χ2n) is 6.39. The van der Waals surface area contributed by atoms with Gasteiger partial charge in [-0.15, -0.1) is 0 Å². The van der Waals surface area contributed by atoms with Gasteiger partial charge in [0.15, 0.2) is 4.80 Å². The fraction of sp³-hybridized carbons (Fsp3) is 0.136. The van der Waals surface area contributed by atoms with Gasteiger partial charge in [0, 0.05) is 0 Å². The Balaban J connectivity index is 1.99. The van der Waals surface area contributed by atoms with Crippen LogP contribution in [0.2, 0.25) is 0 Å². The largest absolute Gasteiger partial charge is 0.466 e. The van der Waals surface area contributed by atoms with Crippen LogP contribution in [0.25, 0.3) is 6.08 Å². The minimum absolute atomic E-state index is 0.171. The number of nitrogens with zero attached hydrogens (tertiary/aromatic N) is 2. The van der Waals surface area contributed by atoms with Crippen molar-refractivity contribution < 1.29 is 9.53 Å². The summed E-state index contributed by atoms with van der Waals surface area (Å²) in [6, 6.07) is 18.6. The number of carbonyl (C=O) groups is 1. The number of methoxy groups -OCH3 is 1. The van der Waals surface area contributed by atoms with Crippen molar-refractivity contribution >= 4 is 23.4 Å². The molecule has 3 aromatic rings. The fourth-order valence-electron chi connectivity index (χ4n) is 3.34. The van der Waals surface area contributed by atoms with Crippen LogP contribution in [0, 0.1) is 0 Å². The third-order valence-electron chi connectivity index (χ3n) is 4.64. The second-order valence-corrected chi connectivity index (χ2v) is 7.40. The van der Waals surface area contributed by atoms with E-state index in [2.05, 4.69) is 4.99 Å². The van der Waals surface area contributed by atoms with E-state index in [0.29, 0.717) is 20.6 Å². The molecule has 0 saturated heterocycles. The van der Waals surface area contributed by atoms with Gasteiger partial charge in [-0.3, -0.25) is 9.36 Å². The lowest BCUT2D eigenvalue weighted by Gasteiger charge is -2.24. The highest BCUT2D eigenvalue weighted by molar-refractivity contribution is 7.07. The van der Waals surface area contributed by atoms with Crippen LogP contribution in [0.1, 0.15) is 24.1 Å². The summed E-state index contributed by atoms with van der Waals surface area (Å²) in [7, 11) is 1.34. The van der Waals surface area contributed by atoms with Gasteiger partial charge in [0.05, 0.1) is 29.0 Å². The monoisotopic (exact) mass is 390 g/mol. The standard InChI is InChI=1S/C22H18N2O3S/c1-14-18(21(26)27-2)19(16-11-7-4-8-12-16)24-20(25)17(28-22(24)23-14)13-15-9-5-3-6-10-15/h3-13,19H,1-2H3/b17-13-/t19-/m1/s1. The number of rotatable bonds is 3. The number of benzene rings is 2. The molecular weight excluding hydrogens is 372 g/mol. The first-order chi connectivity index (χ1) is 13.6. The molecule has 2 aromatic carbocycles. The van der Waals surface area contributed by atoms with Crippen molar-refractivity contribution in [1.82, 2.24) is 4.57 Å². The Labute approximate surface area is 165 Å². The van der Waals surface area contributed by atoms with Crippen LogP contribution in [-0.4, -0.2) is 17.6 Å². The molecule has 1 aromatic heterocycles. The van der Waals surface area contributed by atoms with Crippen LogP contribution in [0.4, 0.5) is 0 Å². The van der Waals surface area contributed by atoms with Crippen molar-refractivity contribution in [3.8, 4) is 0 Å². The van der Waals surface area contributed by atoms with Crippen LogP contribution >= 0.6 is 11.3 Å². The Kier molecular flexibility index (Phi) is 4.79. The predicted octanol–water partition coefficient (Wildman–Crippen LogP) is 2.41. The summed E-state index contributed by atoms with van der Waals surface area (Å²) in [5.74, 6) is -0.479. The zero-order chi connectivity index (χ0) is 19.7. The van der Waals surface area contributed by atoms with E-state index in [0.717, 1.165) is 11.1 Å². The van der Waals surface area contributed by atoms with Gasteiger partial charge in [0.25, 0.3) is 5.56 Å². The van der Waals surface area contributed by atoms with E-state index in [9.17, 15) is 9.59 Å². The molecule has 0 saturated carbocycles. The molecule has 5 nitrogen and oxygen atoms in total. The number of allylic oxidation sites excluding steroid dienone is 1. The first-order valence-electron chi connectivity index (χ1n) is 8.81. The molecule has 28 heavy (non-hydrogen) atoms. The molecule has 0 aliphatic carbocycles. The molecule has 0 fully saturated rings. The SMILES string of the molecule is COC(=O)C1=C(C)N=c2s/c(=C\c3ccccc3)c(=O)n2[C@@H]1c1ccccc1. The number of fused-ring (bicyclic) bond motifs is 1. The number of esters is 1. The summed E-state index contributed by atoms with van der Waals surface area (Å²) in [5, 5.41) is 0. The van der Waals surface area contributed by atoms with E-state index < -0.39 is 12.0 Å². The van der Waals surface area contributed by atoms with Gasteiger partial charge in [0.2, 0.25) is 0 Å². The fourth-order valence-corrected chi connectivity index (χ4v) is 4.39. The van der Waals surface area contributed by atoms with Crippen LogP contribution in [-0.2, 0) is 9.53 Å². The molecule has 2 heterocycles. The van der Waals surface area contributed by atoms with Gasteiger partial charge in [-0.05, 0) is 24.1 Å². The van der Waals surface area contributed by atoms with Crippen molar-refractivity contribution in [3.05, 3.63) is 103 Å². The van der Waals surface area contributed by atoms with E-state index in [1.165, 1.54) is 18.4 Å². The van der Waals surface area contributed by atoms with Crippen molar-refractivity contribution in [3.63, 3.8) is 0 Å². The molecule has 4 rings (SSSR count). The van der Waals surface area contributed by atoms with Gasteiger partial charge in [-0.25, -0.2) is 9.79 Å². The Morgan fingerprint density at radius 1 is 1.11 bits per heavy atom. The van der Waals surface area contributed by atoms with Gasteiger partial charge in [-0.1, -0.05) is 72.0 Å². The third-order valence-corrected chi connectivity index (χ3v) is 5.62. The number of hydrogen-bond donors (Lipinski definition) is 0. The first-order valence-corrected chi connectivity index (χ1v) is 9.62. The summed E-state index contributed by atoms with van der Waals surface area (Å²) >= 11 is 1.32. The second kappa shape index (κ2) is 7.40. The molecule has 6 heteroatoms. The maximum atomic E-state index is 13.3. The molecule has 1 aliphatic heterocycles. The van der Waals surface area contributed by atoms with E-state index in [-0.39, 0.29) is 5.56 Å². The Bertz CT molecular complexity index is 1240. The summed E-state index contributed by atoms with van der Waals surface area (Å²) in [5.41, 5.74) is 2.55. The van der Waals surface area contributed by atoms with E-state index >= 15 is 0 Å². The highest BCUT2D eigenvalue weighted by atomic mass is 32.1. The normalized spacial score (nSPS) is 16.5. The third kappa shape index (κ3) is 3.12. The highest BCUT2D eigenvalue weighted by Crippen LogP contribution is 2.30. The molecule has 1 atom stereocenters. The maximum absolute atomic E-state index is 13.3. The van der Waals surface area contributed by atoms with E-state index in [4.69, 9.17) is 4.74 Å². The summed E-state index contributed by atoms with van der Waals surface area (Å²) in [6.07, 6.45) is 1.85. The zero-order valence-corrected chi connectivity index (χ0v) is 16.3. The van der Waals surface area contributed by atoms with Gasteiger partial charge in [0.1, 0.15) is 0 Å². The van der Waals surface area contributed by atoms with Crippen molar-refractivity contribution in [2.24, 2.45) is 4.99 Å². The lowest BCUT2D eigenvalue weighted by molar-refractivity contribution is -0.136. The number of hydrogen-bond acceptors (Lipinski definition) is 5. The average Bonchev–Trinajstić information content (AvgIpc) is 3.02. The number of carbonyl (C=O) groups excluding carboxylic acids is 1. The Morgan fingerprint density at radius 2 is 1.75 bits per heavy atom. The number of aromatic nitrogens is 1. The molecule has 0 amide bonds. The lowest BCUT2D eigenvalue weighted by Crippen LogP contribution is -2.39. The summed E-state index contributed by atoms with van der Waals surface area (Å²) in [4.78, 5) is 30.9. The van der Waals surface area contributed by atoms with E-state index in [1.54, 1.807) is 11.5 Å². The van der Waals surface area contributed by atoms with Crippen LogP contribution in [0.3, 0.4) is 0 Å². The highest BCUT2D eigenvalue weighted by Gasteiger charge is 2.32. The van der Waals surface area contributed by atoms with Gasteiger partial charge < -0.3 is 4.74 Å². The molecule has 0 unspecified atom stereocenters. The van der Waals surface area contributed by atoms with Gasteiger partial charge in [-0.2, -0.15) is 0 Å². The number of thiazole rings is 1. The lowest BCUT2D eigenvalue weighted by atomic mass is 9.96. The maximum Gasteiger partial charge on any atom is 0.338 e. The smallest absolute Gasteiger partial charge is 0.338 e.